The zero-order valence-corrected chi connectivity index (χ0v) is 21.6. The lowest BCUT2D eigenvalue weighted by atomic mass is 9.90. The Morgan fingerprint density at radius 3 is 2.49 bits per heavy atom. The van der Waals surface area contributed by atoms with E-state index in [0.29, 0.717) is 32.2 Å². The first kappa shape index (κ1) is 28.1. The molecule has 0 saturated carbocycles. The van der Waals surface area contributed by atoms with Gasteiger partial charge in [-0.25, -0.2) is 14.5 Å². The maximum Gasteiger partial charge on any atom is 0.329 e. The van der Waals surface area contributed by atoms with Gasteiger partial charge in [0.25, 0.3) is 11.8 Å². The van der Waals surface area contributed by atoms with Crippen LogP contribution in [0.5, 0.6) is 0 Å². The molecule has 10 nitrogen and oxygen atoms in total. The Morgan fingerprint density at radius 2 is 1.78 bits per heavy atom. The number of ether oxygens (including phenoxy) is 2. The van der Waals surface area contributed by atoms with Crippen molar-refractivity contribution in [2.45, 2.75) is 90.0 Å². The zero-order valence-electron chi connectivity index (χ0n) is 21.6. The first-order valence-electron chi connectivity index (χ1n) is 13.2. The maximum absolute atomic E-state index is 12.8. The average molecular weight is 516 g/mol. The largest absolute Gasteiger partial charge is 0.459 e. The van der Waals surface area contributed by atoms with Crippen LogP contribution in [0.3, 0.4) is 0 Å². The smallest absolute Gasteiger partial charge is 0.329 e. The van der Waals surface area contributed by atoms with E-state index in [0.717, 1.165) is 36.1 Å². The number of rotatable bonds is 15. The fraction of sp³-hybridized carbons (Fsp3) is 0.593. The molecule has 3 rings (SSSR count). The SMILES string of the molecule is CCCCCC[C@@H]1C(=O)O[C@H]1C(=O)NCCCC[C@@H]1NC(=O)N([C@@H](C)C(=O)OCc2ccccc2)C1=O. The molecule has 202 valence electrons. The minimum Gasteiger partial charge on any atom is -0.459 e. The number of esters is 2. The molecule has 2 N–H and O–H groups in total. The molecule has 1 aromatic carbocycles. The van der Waals surface area contributed by atoms with E-state index in [1.165, 1.54) is 6.92 Å². The van der Waals surface area contributed by atoms with Crippen molar-refractivity contribution in [3.63, 3.8) is 0 Å². The summed E-state index contributed by atoms with van der Waals surface area (Å²) in [7, 11) is 0. The molecule has 2 heterocycles. The second-order valence-corrected chi connectivity index (χ2v) is 9.58. The first-order valence-corrected chi connectivity index (χ1v) is 13.2. The number of carbonyl (C=O) groups is 5. The molecule has 0 unspecified atom stereocenters. The lowest BCUT2D eigenvalue weighted by Crippen LogP contribution is -2.54. The Kier molecular flexibility index (Phi) is 10.5. The van der Waals surface area contributed by atoms with Crippen LogP contribution in [0.1, 0.15) is 70.8 Å². The van der Waals surface area contributed by atoms with Gasteiger partial charge >= 0.3 is 18.0 Å². The summed E-state index contributed by atoms with van der Waals surface area (Å²) in [6.07, 6.45) is 5.63. The van der Waals surface area contributed by atoms with E-state index in [1.54, 1.807) is 0 Å². The molecule has 2 aliphatic heterocycles. The lowest BCUT2D eigenvalue weighted by molar-refractivity contribution is -0.189. The molecule has 0 radical (unpaired) electrons. The summed E-state index contributed by atoms with van der Waals surface area (Å²) in [5.74, 6) is -2.09. The fourth-order valence-corrected chi connectivity index (χ4v) is 4.49. The number of benzene rings is 1. The van der Waals surface area contributed by atoms with E-state index in [1.807, 2.05) is 30.3 Å². The summed E-state index contributed by atoms with van der Waals surface area (Å²) < 4.78 is 10.3. The van der Waals surface area contributed by atoms with Crippen LogP contribution < -0.4 is 10.6 Å². The van der Waals surface area contributed by atoms with E-state index in [2.05, 4.69) is 17.6 Å². The van der Waals surface area contributed by atoms with E-state index >= 15 is 0 Å². The van der Waals surface area contributed by atoms with Gasteiger partial charge < -0.3 is 20.1 Å². The third-order valence-corrected chi connectivity index (χ3v) is 6.76. The van der Waals surface area contributed by atoms with Crippen molar-refractivity contribution in [2.75, 3.05) is 6.54 Å². The summed E-state index contributed by atoms with van der Waals surface area (Å²) in [6, 6.07) is 6.75. The van der Waals surface area contributed by atoms with E-state index < -0.39 is 36.1 Å². The molecule has 0 aromatic heterocycles. The Labute approximate surface area is 217 Å². The number of nitrogens with one attached hydrogen (secondary N) is 2. The average Bonchev–Trinajstić information content (AvgIpc) is 3.17. The molecule has 4 amide bonds. The summed E-state index contributed by atoms with van der Waals surface area (Å²) >= 11 is 0. The first-order chi connectivity index (χ1) is 17.8. The minimum atomic E-state index is -1.04. The number of hydrogen-bond donors (Lipinski definition) is 2. The van der Waals surface area contributed by atoms with Gasteiger partial charge in [0.15, 0.2) is 6.10 Å². The normalized spacial score (nSPS) is 21.6. The minimum absolute atomic E-state index is 0.0580. The van der Waals surface area contributed by atoms with Crippen LogP contribution in [0, 0.1) is 5.92 Å². The van der Waals surface area contributed by atoms with Crippen LogP contribution in [-0.2, 0) is 35.3 Å². The number of nitrogens with zero attached hydrogens (tertiary/aromatic N) is 1. The van der Waals surface area contributed by atoms with Crippen molar-refractivity contribution in [1.29, 1.82) is 0 Å². The van der Waals surface area contributed by atoms with Crippen LogP contribution >= 0.6 is 0 Å². The maximum atomic E-state index is 12.8. The summed E-state index contributed by atoms with van der Waals surface area (Å²) in [5.41, 5.74) is 0.809. The van der Waals surface area contributed by atoms with E-state index in [4.69, 9.17) is 9.47 Å². The Hall–Kier alpha value is -3.43. The molecule has 2 saturated heterocycles. The molecule has 0 aliphatic carbocycles. The highest BCUT2D eigenvalue weighted by molar-refractivity contribution is 6.06. The number of amides is 4. The van der Waals surface area contributed by atoms with Gasteiger partial charge in [-0.3, -0.25) is 14.4 Å². The van der Waals surface area contributed by atoms with Gasteiger partial charge in [0.1, 0.15) is 24.6 Å². The van der Waals surface area contributed by atoms with Crippen molar-refractivity contribution in [1.82, 2.24) is 15.5 Å². The molecule has 0 bridgehead atoms. The highest BCUT2D eigenvalue weighted by Gasteiger charge is 2.46. The molecule has 0 spiro atoms. The van der Waals surface area contributed by atoms with Gasteiger partial charge in [-0.15, -0.1) is 0 Å². The van der Waals surface area contributed by atoms with Gasteiger partial charge in [0, 0.05) is 6.54 Å². The number of cyclic esters (lactones) is 1. The van der Waals surface area contributed by atoms with Crippen molar-refractivity contribution in [2.24, 2.45) is 5.92 Å². The Morgan fingerprint density at radius 1 is 1.05 bits per heavy atom. The standard InChI is InChI=1S/C27H37N3O7/c1-3-4-5-9-14-20-22(37-26(20)34)23(31)28-16-11-10-15-21-24(32)30(27(35)29-21)18(2)25(33)36-17-19-12-7-6-8-13-19/h6-8,12-13,18,20-22H,3-5,9-11,14-17H2,1-2H3,(H,28,31)(H,29,35)/t18-,20-,21-,22+/m0/s1. The molecule has 10 heteroatoms. The highest BCUT2D eigenvalue weighted by Crippen LogP contribution is 2.28. The predicted octanol–water partition coefficient (Wildman–Crippen LogP) is 2.84. The van der Waals surface area contributed by atoms with Crippen LogP contribution in [0.4, 0.5) is 4.79 Å². The second-order valence-electron chi connectivity index (χ2n) is 9.58. The van der Waals surface area contributed by atoms with Crippen LogP contribution in [0.2, 0.25) is 0 Å². The van der Waals surface area contributed by atoms with Crippen molar-refractivity contribution >= 4 is 29.8 Å². The second kappa shape index (κ2) is 13.8. The van der Waals surface area contributed by atoms with Gasteiger partial charge in [-0.05, 0) is 38.2 Å². The molecular weight excluding hydrogens is 478 g/mol. The van der Waals surface area contributed by atoms with Gasteiger partial charge in [-0.2, -0.15) is 0 Å². The van der Waals surface area contributed by atoms with Crippen LogP contribution in [0.25, 0.3) is 0 Å². The number of unbranched alkanes of at least 4 members (excludes halogenated alkanes) is 4. The summed E-state index contributed by atoms with van der Waals surface area (Å²) in [4.78, 5) is 62.5. The molecule has 1 aromatic rings. The monoisotopic (exact) mass is 515 g/mol. The van der Waals surface area contributed by atoms with E-state index in [9.17, 15) is 24.0 Å². The van der Waals surface area contributed by atoms with Crippen LogP contribution in [0.15, 0.2) is 30.3 Å². The quantitative estimate of drug-likeness (QED) is 0.209. The van der Waals surface area contributed by atoms with Gasteiger partial charge in [-0.1, -0.05) is 62.9 Å². The number of carbonyl (C=O) groups excluding carboxylic acids is 5. The number of imide groups is 1. The van der Waals surface area contributed by atoms with Crippen molar-refractivity contribution in [3.8, 4) is 0 Å². The summed E-state index contributed by atoms with van der Waals surface area (Å²) in [5, 5.41) is 5.41. The van der Waals surface area contributed by atoms with Crippen LogP contribution in [-0.4, -0.2) is 59.4 Å². The molecule has 2 aliphatic rings. The van der Waals surface area contributed by atoms with Gasteiger partial charge in [0.05, 0.1) is 0 Å². The third kappa shape index (κ3) is 7.53. The summed E-state index contributed by atoms with van der Waals surface area (Å²) in [6.45, 7) is 4.01. The van der Waals surface area contributed by atoms with Crippen molar-refractivity contribution in [3.05, 3.63) is 35.9 Å². The third-order valence-electron chi connectivity index (χ3n) is 6.76. The highest BCUT2D eigenvalue weighted by atomic mass is 16.6. The van der Waals surface area contributed by atoms with Crippen molar-refractivity contribution < 1.29 is 33.4 Å². The topological polar surface area (TPSA) is 131 Å². The number of urea groups is 1. The lowest BCUT2D eigenvalue weighted by Gasteiger charge is -2.33. The Balaban J connectivity index is 1.34. The van der Waals surface area contributed by atoms with Gasteiger partial charge in [0.2, 0.25) is 0 Å². The number of hydrogen-bond acceptors (Lipinski definition) is 7. The molecule has 37 heavy (non-hydrogen) atoms. The fourth-order valence-electron chi connectivity index (χ4n) is 4.49. The zero-order chi connectivity index (χ0) is 26.8. The molecule has 4 atom stereocenters. The molecular formula is C27H37N3O7. The van der Waals surface area contributed by atoms with E-state index in [-0.39, 0.29) is 24.4 Å². The molecule has 2 fully saturated rings. The predicted molar refractivity (Wildman–Crippen MR) is 134 cm³/mol. The Bertz CT molecular complexity index is 968.